The topological polar surface area (TPSA) is 29.3 Å². The van der Waals surface area contributed by atoms with Crippen molar-refractivity contribution in [2.45, 2.75) is 46.7 Å². The highest BCUT2D eigenvalue weighted by molar-refractivity contribution is 5.02. The second-order valence-electron chi connectivity index (χ2n) is 4.83. The van der Waals surface area contributed by atoms with Gasteiger partial charge in [-0.1, -0.05) is 19.0 Å². The minimum atomic E-state index is 0.579. The van der Waals surface area contributed by atoms with Crippen molar-refractivity contribution in [2.24, 2.45) is 5.92 Å². The Morgan fingerprint density at radius 2 is 2.07 bits per heavy atom. The van der Waals surface area contributed by atoms with E-state index in [0.717, 1.165) is 23.9 Å². The van der Waals surface area contributed by atoms with Crippen molar-refractivity contribution in [1.82, 2.24) is 10.1 Å². The highest BCUT2D eigenvalue weighted by Gasteiger charge is 2.13. The Kier molecular flexibility index (Phi) is 4.33. The fourth-order valence-corrected chi connectivity index (χ4v) is 1.75. The summed E-state index contributed by atoms with van der Waals surface area (Å²) < 4.78 is 5.20. The molecule has 0 aromatic carbocycles. The van der Waals surface area contributed by atoms with Gasteiger partial charge in [-0.3, -0.25) is 4.90 Å². The van der Waals surface area contributed by atoms with Gasteiger partial charge in [0.15, 0.2) is 5.76 Å². The molecule has 1 rings (SSSR count). The quantitative estimate of drug-likeness (QED) is 0.748. The molecule has 0 spiro atoms. The molecule has 0 amide bonds. The summed E-state index contributed by atoms with van der Waals surface area (Å²) in [6.45, 7) is 9.55. The number of hydrogen-bond acceptors (Lipinski definition) is 3. The lowest BCUT2D eigenvalue weighted by Gasteiger charge is -2.24. The van der Waals surface area contributed by atoms with Crippen molar-refractivity contribution in [3.63, 3.8) is 0 Å². The van der Waals surface area contributed by atoms with Gasteiger partial charge in [0.25, 0.3) is 0 Å². The van der Waals surface area contributed by atoms with E-state index in [1.165, 1.54) is 6.42 Å². The molecule has 15 heavy (non-hydrogen) atoms. The number of rotatable bonds is 5. The molecule has 3 nitrogen and oxygen atoms in total. The fourth-order valence-electron chi connectivity index (χ4n) is 1.75. The Balaban J connectivity index is 2.44. The monoisotopic (exact) mass is 210 g/mol. The maximum absolute atomic E-state index is 5.20. The van der Waals surface area contributed by atoms with Gasteiger partial charge in [0.05, 0.1) is 12.2 Å². The van der Waals surface area contributed by atoms with Gasteiger partial charge < -0.3 is 4.52 Å². The zero-order valence-corrected chi connectivity index (χ0v) is 10.4. The molecule has 0 aliphatic heterocycles. The number of nitrogens with zero attached hydrogens (tertiary/aromatic N) is 2. The Morgan fingerprint density at radius 1 is 1.40 bits per heavy atom. The van der Waals surface area contributed by atoms with Gasteiger partial charge in [-0.2, -0.15) is 0 Å². The molecule has 3 heteroatoms. The summed E-state index contributed by atoms with van der Waals surface area (Å²) in [5, 5.41) is 3.89. The molecule has 0 saturated carbocycles. The van der Waals surface area contributed by atoms with Crippen LogP contribution < -0.4 is 0 Å². The Hall–Kier alpha value is -0.830. The highest BCUT2D eigenvalue weighted by Crippen LogP contribution is 2.13. The molecule has 0 fully saturated rings. The van der Waals surface area contributed by atoms with Crippen molar-refractivity contribution in [3.8, 4) is 0 Å². The highest BCUT2D eigenvalue weighted by atomic mass is 16.5. The van der Waals surface area contributed by atoms with Crippen LogP contribution in [0.2, 0.25) is 0 Å². The molecule has 1 atom stereocenters. The second-order valence-corrected chi connectivity index (χ2v) is 4.83. The van der Waals surface area contributed by atoms with E-state index in [9.17, 15) is 0 Å². The normalized spacial score (nSPS) is 13.8. The lowest BCUT2D eigenvalue weighted by molar-refractivity contribution is 0.197. The summed E-state index contributed by atoms with van der Waals surface area (Å²) in [5.74, 6) is 1.68. The van der Waals surface area contributed by atoms with Crippen molar-refractivity contribution in [1.29, 1.82) is 0 Å². The molecule has 1 unspecified atom stereocenters. The standard InChI is InChI=1S/C12H22N2O/c1-9(2)6-11(4)14(5)8-12-7-10(3)13-15-12/h7,9,11H,6,8H2,1-5H3. The number of hydrogen-bond donors (Lipinski definition) is 0. The van der Waals surface area contributed by atoms with E-state index in [-0.39, 0.29) is 0 Å². The van der Waals surface area contributed by atoms with E-state index < -0.39 is 0 Å². The van der Waals surface area contributed by atoms with Crippen LogP contribution >= 0.6 is 0 Å². The van der Waals surface area contributed by atoms with Crippen LogP contribution in [0.15, 0.2) is 10.6 Å². The molecule has 1 aromatic heterocycles. The minimum absolute atomic E-state index is 0.579. The molecule has 0 aliphatic rings. The van der Waals surface area contributed by atoms with Crippen LogP contribution in [0.1, 0.15) is 38.6 Å². The second kappa shape index (κ2) is 5.31. The first kappa shape index (κ1) is 12.2. The molecule has 86 valence electrons. The molecule has 0 N–H and O–H groups in total. The van der Waals surface area contributed by atoms with Gasteiger partial charge in [0, 0.05) is 12.1 Å². The van der Waals surface area contributed by atoms with Crippen LogP contribution in [0, 0.1) is 12.8 Å². The molecule has 0 saturated heterocycles. The third-order valence-electron chi connectivity index (χ3n) is 2.65. The SMILES string of the molecule is Cc1cc(CN(C)C(C)CC(C)C)on1. The van der Waals surface area contributed by atoms with E-state index in [2.05, 4.69) is 37.9 Å². The van der Waals surface area contributed by atoms with Crippen LogP contribution in [0.3, 0.4) is 0 Å². The summed E-state index contributed by atoms with van der Waals surface area (Å²) >= 11 is 0. The number of aromatic nitrogens is 1. The maximum Gasteiger partial charge on any atom is 0.150 e. The van der Waals surface area contributed by atoms with Crippen molar-refractivity contribution in [3.05, 3.63) is 17.5 Å². The van der Waals surface area contributed by atoms with Crippen LogP contribution in [0.5, 0.6) is 0 Å². The summed E-state index contributed by atoms with van der Waals surface area (Å²) in [5.41, 5.74) is 0.954. The first-order valence-electron chi connectivity index (χ1n) is 5.61. The zero-order chi connectivity index (χ0) is 11.4. The maximum atomic E-state index is 5.20. The molecule has 0 aliphatic carbocycles. The molecule has 0 bridgehead atoms. The van der Waals surface area contributed by atoms with E-state index in [1.807, 2.05) is 13.0 Å². The van der Waals surface area contributed by atoms with Gasteiger partial charge in [-0.25, -0.2) is 0 Å². The molecular formula is C12H22N2O. The predicted octanol–water partition coefficient (Wildman–Crippen LogP) is 2.85. The Bertz CT molecular complexity index is 294. The Morgan fingerprint density at radius 3 is 2.53 bits per heavy atom. The summed E-state index contributed by atoms with van der Waals surface area (Å²) in [7, 11) is 2.13. The minimum Gasteiger partial charge on any atom is -0.360 e. The van der Waals surface area contributed by atoms with Gasteiger partial charge in [0.1, 0.15) is 0 Å². The lowest BCUT2D eigenvalue weighted by atomic mass is 10.0. The smallest absolute Gasteiger partial charge is 0.150 e. The van der Waals surface area contributed by atoms with E-state index >= 15 is 0 Å². The summed E-state index contributed by atoms with van der Waals surface area (Å²) in [6, 6.07) is 2.58. The fraction of sp³-hybridized carbons (Fsp3) is 0.750. The average Bonchev–Trinajstić information content (AvgIpc) is 2.50. The molecule has 1 aromatic rings. The van der Waals surface area contributed by atoms with Crippen LogP contribution in [0.25, 0.3) is 0 Å². The average molecular weight is 210 g/mol. The Labute approximate surface area is 92.4 Å². The zero-order valence-electron chi connectivity index (χ0n) is 10.4. The first-order chi connectivity index (χ1) is 6.99. The van der Waals surface area contributed by atoms with Gasteiger partial charge >= 0.3 is 0 Å². The van der Waals surface area contributed by atoms with E-state index in [0.29, 0.717) is 6.04 Å². The largest absolute Gasteiger partial charge is 0.360 e. The molecular weight excluding hydrogens is 188 g/mol. The predicted molar refractivity (Wildman–Crippen MR) is 61.6 cm³/mol. The van der Waals surface area contributed by atoms with Crippen LogP contribution in [0.4, 0.5) is 0 Å². The first-order valence-corrected chi connectivity index (χ1v) is 5.61. The molecule has 1 heterocycles. The van der Waals surface area contributed by atoms with Crippen LogP contribution in [-0.4, -0.2) is 23.1 Å². The van der Waals surface area contributed by atoms with Gasteiger partial charge in [0.2, 0.25) is 0 Å². The van der Waals surface area contributed by atoms with Crippen LogP contribution in [-0.2, 0) is 6.54 Å². The third kappa shape index (κ3) is 4.04. The van der Waals surface area contributed by atoms with Crippen molar-refractivity contribution < 1.29 is 4.52 Å². The molecule has 0 radical (unpaired) electrons. The lowest BCUT2D eigenvalue weighted by Crippen LogP contribution is -2.29. The van der Waals surface area contributed by atoms with Crippen molar-refractivity contribution in [2.75, 3.05) is 7.05 Å². The van der Waals surface area contributed by atoms with Gasteiger partial charge in [-0.05, 0) is 33.2 Å². The summed E-state index contributed by atoms with van der Waals surface area (Å²) in [4.78, 5) is 2.31. The van der Waals surface area contributed by atoms with E-state index in [4.69, 9.17) is 4.52 Å². The van der Waals surface area contributed by atoms with E-state index in [1.54, 1.807) is 0 Å². The summed E-state index contributed by atoms with van der Waals surface area (Å²) in [6.07, 6.45) is 1.21. The van der Waals surface area contributed by atoms with Crippen molar-refractivity contribution >= 4 is 0 Å². The third-order valence-corrected chi connectivity index (χ3v) is 2.65. The number of aryl methyl sites for hydroxylation is 1. The van der Waals surface area contributed by atoms with Gasteiger partial charge in [-0.15, -0.1) is 0 Å².